The molecule has 152 valence electrons. The number of carbonyl (C=O) groups is 1. The third kappa shape index (κ3) is 4.49. The highest BCUT2D eigenvalue weighted by atomic mass is 16.5. The van der Waals surface area contributed by atoms with E-state index in [9.17, 15) is 4.79 Å². The summed E-state index contributed by atoms with van der Waals surface area (Å²) in [5, 5.41) is 2.85. The molecule has 6 nitrogen and oxygen atoms in total. The summed E-state index contributed by atoms with van der Waals surface area (Å²) < 4.78 is 11.4. The molecule has 0 aliphatic heterocycles. The highest BCUT2D eigenvalue weighted by Crippen LogP contribution is 2.25. The Morgan fingerprint density at radius 1 is 1.13 bits per heavy atom. The minimum atomic E-state index is -0.239. The fourth-order valence-corrected chi connectivity index (χ4v) is 3.10. The van der Waals surface area contributed by atoms with Crippen molar-refractivity contribution in [1.29, 1.82) is 0 Å². The highest BCUT2D eigenvalue weighted by Gasteiger charge is 2.11. The van der Waals surface area contributed by atoms with Gasteiger partial charge in [-0.25, -0.2) is 4.98 Å². The zero-order chi connectivity index (χ0) is 20.9. The van der Waals surface area contributed by atoms with Crippen LogP contribution in [-0.2, 0) is 4.79 Å². The summed E-state index contributed by atoms with van der Waals surface area (Å²) >= 11 is 0. The molecule has 0 bridgehead atoms. The first kappa shape index (κ1) is 19.6. The second-order valence-corrected chi connectivity index (χ2v) is 7.14. The van der Waals surface area contributed by atoms with E-state index in [1.165, 1.54) is 5.56 Å². The Hall–Kier alpha value is -3.67. The molecule has 0 spiro atoms. The number of aromatic nitrogens is 2. The minimum Gasteiger partial charge on any atom is -0.484 e. The maximum Gasteiger partial charge on any atom is 0.262 e. The van der Waals surface area contributed by atoms with Gasteiger partial charge in [-0.05, 0) is 60.4 Å². The number of pyridine rings is 1. The summed E-state index contributed by atoms with van der Waals surface area (Å²) in [5.41, 5.74) is 3.83. The average molecular weight is 401 g/mol. The van der Waals surface area contributed by atoms with Crippen molar-refractivity contribution >= 4 is 22.8 Å². The van der Waals surface area contributed by atoms with Crippen molar-refractivity contribution < 1.29 is 13.9 Å². The smallest absolute Gasteiger partial charge is 0.262 e. The number of nitrogens with zero attached hydrogens (tertiary/aromatic N) is 2. The number of nitrogens with one attached hydrogen (secondary N) is 1. The third-order valence-electron chi connectivity index (χ3n) is 4.99. The van der Waals surface area contributed by atoms with Gasteiger partial charge >= 0.3 is 0 Å². The van der Waals surface area contributed by atoms with E-state index in [0.29, 0.717) is 34.5 Å². The van der Waals surface area contributed by atoms with E-state index >= 15 is 0 Å². The lowest BCUT2D eigenvalue weighted by Gasteiger charge is -2.11. The van der Waals surface area contributed by atoms with Crippen LogP contribution in [0.1, 0.15) is 31.7 Å². The fraction of sp³-hybridized carbons (Fsp3) is 0.208. The Kier molecular flexibility index (Phi) is 5.75. The van der Waals surface area contributed by atoms with Crippen molar-refractivity contribution in [2.45, 2.75) is 26.2 Å². The summed E-state index contributed by atoms with van der Waals surface area (Å²) in [5.74, 6) is 1.39. The van der Waals surface area contributed by atoms with Gasteiger partial charge in [0.1, 0.15) is 5.75 Å². The molecule has 1 N–H and O–H groups in total. The van der Waals surface area contributed by atoms with E-state index in [1.54, 1.807) is 12.3 Å². The molecular weight excluding hydrogens is 378 g/mol. The third-order valence-corrected chi connectivity index (χ3v) is 4.99. The molecule has 0 radical (unpaired) electrons. The van der Waals surface area contributed by atoms with Gasteiger partial charge in [-0.3, -0.25) is 4.79 Å². The SMILES string of the molecule is CCC(C)c1ccc(OCC(=O)Nc2cccc(-c3nc4ncccc4o3)c2)cc1. The van der Waals surface area contributed by atoms with Gasteiger partial charge in [0, 0.05) is 17.4 Å². The maximum atomic E-state index is 12.3. The normalized spacial score (nSPS) is 11.9. The molecule has 0 saturated heterocycles. The van der Waals surface area contributed by atoms with Crippen molar-refractivity contribution in [2.24, 2.45) is 0 Å². The molecule has 0 saturated carbocycles. The molecule has 0 aliphatic carbocycles. The molecule has 1 atom stereocenters. The van der Waals surface area contributed by atoms with Crippen LogP contribution < -0.4 is 10.1 Å². The maximum absolute atomic E-state index is 12.3. The Labute approximate surface area is 174 Å². The molecule has 1 amide bonds. The Bertz CT molecular complexity index is 1120. The quantitative estimate of drug-likeness (QED) is 0.447. The van der Waals surface area contributed by atoms with E-state index in [0.717, 1.165) is 12.0 Å². The number of benzene rings is 2. The molecule has 4 rings (SSSR count). The van der Waals surface area contributed by atoms with Crippen LogP contribution in [0.2, 0.25) is 0 Å². The number of oxazole rings is 1. The van der Waals surface area contributed by atoms with Crippen LogP contribution >= 0.6 is 0 Å². The van der Waals surface area contributed by atoms with Crippen molar-refractivity contribution in [1.82, 2.24) is 9.97 Å². The van der Waals surface area contributed by atoms with Gasteiger partial charge in [-0.15, -0.1) is 0 Å². The topological polar surface area (TPSA) is 77.2 Å². The van der Waals surface area contributed by atoms with E-state index in [-0.39, 0.29) is 12.5 Å². The van der Waals surface area contributed by atoms with Crippen LogP contribution in [0.25, 0.3) is 22.7 Å². The monoisotopic (exact) mass is 401 g/mol. The number of hydrogen-bond acceptors (Lipinski definition) is 5. The molecule has 2 aromatic heterocycles. The molecular formula is C24H23N3O3. The van der Waals surface area contributed by atoms with Crippen LogP contribution in [0, 0.1) is 0 Å². The molecule has 0 aliphatic rings. The molecule has 4 aromatic rings. The summed E-state index contributed by atoms with van der Waals surface area (Å²) in [7, 11) is 0. The van der Waals surface area contributed by atoms with Gasteiger partial charge in [0.15, 0.2) is 17.8 Å². The molecule has 2 aromatic carbocycles. The summed E-state index contributed by atoms with van der Waals surface area (Å²) in [6, 6.07) is 18.8. The van der Waals surface area contributed by atoms with Crippen LogP contribution in [0.4, 0.5) is 5.69 Å². The summed E-state index contributed by atoms with van der Waals surface area (Å²) in [6.07, 6.45) is 2.75. The first-order valence-electron chi connectivity index (χ1n) is 9.97. The van der Waals surface area contributed by atoms with E-state index < -0.39 is 0 Å². The summed E-state index contributed by atoms with van der Waals surface area (Å²) in [4.78, 5) is 20.9. The molecule has 2 heterocycles. The lowest BCUT2D eigenvalue weighted by Crippen LogP contribution is -2.20. The minimum absolute atomic E-state index is 0.0697. The predicted octanol–water partition coefficient (Wildman–Crippen LogP) is 5.42. The average Bonchev–Trinajstić information content (AvgIpc) is 3.22. The van der Waals surface area contributed by atoms with Crippen molar-refractivity contribution in [2.75, 3.05) is 11.9 Å². The van der Waals surface area contributed by atoms with Gasteiger partial charge in [0.2, 0.25) is 5.89 Å². The van der Waals surface area contributed by atoms with Gasteiger partial charge < -0.3 is 14.5 Å². The Balaban J connectivity index is 1.38. The number of hydrogen-bond donors (Lipinski definition) is 1. The first-order chi connectivity index (χ1) is 14.6. The lowest BCUT2D eigenvalue weighted by atomic mass is 9.99. The molecule has 1 unspecified atom stereocenters. The Morgan fingerprint density at radius 2 is 1.97 bits per heavy atom. The van der Waals surface area contributed by atoms with E-state index in [2.05, 4.69) is 29.1 Å². The fourth-order valence-electron chi connectivity index (χ4n) is 3.10. The number of rotatable bonds is 7. The van der Waals surface area contributed by atoms with Gasteiger partial charge in [-0.2, -0.15) is 4.98 Å². The number of amides is 1. The number of carbonyl (C=O) groups excluding carboxylic acids is 1. The van der Waals surface area contributed by atoms with Crippen molar-refractivity contribution in [3.8, 4) is 17.2 Å². The number of ether oxygens (including phenoxy) is 1. The number of fused-ring (bicyclic) bond motifs is 1. The van der Waals surface area contributed by atoms with Crippen LogP contribution in [-0.4, -0.2) is 22.5 Å². The number of anilines is 1. The van der Waals surface area contributed by atoms with Crippen molar-refractivity contribution in [3.63, 3.8) is 0 Å². The zero-order valence-electron chi connectivity index (χ0n) is 17.0. The summed E-state index contributed by atoms with van der Waals surface area (Å²) in [6.45, 7) is 4.28. The molecule has 0 fully saturated rings. The van der Waals surface area contributed by atoms with Gasteiger partial charge in [-0.1, -0.05) is 32.0 Å². The Morgan fingerprint density at radius 3 is 2.73 bits per heavy atom. The standard InChI is InChI=1S/C24H23N3O3/c1-3-16(2)17-9-11-20(12-10-17)29-15-22(28)26-19-7-4-6-18(14-19)24-27-23-21(30-24)8-5-13-25-23/h4-14,16H,3,15H2,1-2H3,(H,26,28). The van der Waals surface area contributed by atoms with Gasteiger partial charge in [0.05, 0.1) is 0 Å². The van der Waals surface area contributed by atoms with Crippen LogP contribution in [0.15, 0.2) is 71.3 Å². The second-order valence-electron chi connectivity index (χ2n) is 7.14. The highest BCUT2D eigenvalue weighted by molar-refractivity contribution is 5.92. The predicted molar refractivity (Wildman–Crippen MR) is 117 cm³/mol. The van der Waals surface area contributed by atoms with Gasteiger partial charge in [0.25, 0.3) is 5.91 Å². The molecule has 6 heteroatoms. The first-order valence-corrected chi connectivity index (χ1v) is 9.97. The van der Waals surface area contributed by atoms with Crippen molar-refractivity contribution in [3.05, 3.63) is 72.4 Å². The molecule has 30 heavy (non-hydrogen) atoms. The van der Waals surface area contributed by atoms with E-state index in [4.69, 9.17) is 9.15 Å². The van der Waals surface area contributed by atoms with Crippen LogP contribution in [0.5, 0.6) is 5.75 Å². The lowest BCUT2D eigenvalue weighted by molar-refractivity contribution is -0.118. The second kappa shape index (κ2) is 8.78. The largest absolute Gasteiger partial charge is 0.484 e. The zero-order valence-corrected chi connectivity index (χ0v) is 17.0. The van der Waals surface area contributed by atoms with E-state index in [1.807, 2.05) is 54.6 Å². The van der Waals surface area contributed by atoms with Crippen LogP contribution in [0.3, 0.4) is 0 Å².